The number of aromatic nitrogens is 2. The van der Waals surface area contributed by atoms with Crippen LogP contribution in [0.4, 0.5) is 0 Å². The first kappa shape index (κ1) is 15.4. The van der Waals surface area contributed by atoms with Crippen molar-refractivity contribution in [3.05, 3.63) is 39.4 Å². The van der Waals surface area contributed by atoms with E-state index in [9.17, 15) is 4.79 Å². The maximum Gasteiger partial charge on any atom is 0.274 e. The first-order valence-corrected chi connectivity index (χ1v) is 8.68. The minimum Gasteiger partial charge on any atom is -0.379 e. The zero-order chi connectivity index (χ0) is 15.2. The minimum absolute atomic E-state index is 0.00673. The van der Waals surface area contributed by atoms with Crippen LogP contribution >= 0.6 is 11.3 Å². The summed E-state index contributed by atoms with van der Waals surface area (Å²) >= 11 is 1.60. The van der Waals surface area contributed by atoms with E-state index in [1.165, 1.54) is 0 Å². The van der Waals surface area contributed by atoms with Crippen molar-refractivity contribution in [1.82, 2.24) is 14.7 Å². The summed E-state index contributed by atoms with van der Waals surface area (Å²) < 4.78 is 6.93. The number of rotatable bonds is 6. The van der Waals surface area contributed by atoms with Crippen LogP contribution in [0.15, 0.2) is 33.9 Å². The summed E-state index contributed by atoms with van der Waals surface area (Å²) in [7, 11) is 0. The maximum atomic E-state index is 12.4. The molecule has 0 aromatic carbocycles. The van der Waals surface area contributed by atoms with Crippen LogP contribution in [-0.4, -0.2) is 47.5 Å². The molecule has 1 aliphatic rings. The fraction of sp³-hybridized carbons (Fsp3) is 0.500. The van der Waals surface area contributed by atoms with Crippen LogP contribution in [0.3, 0.4) is 0 Å². The normalized spacial score (nSPS) is 16.0. The van der Waals surface area contributed by atoms with Crippen molar-refractivity contribution in [1.29, 1.82) is 0 Å². The van der Waals surface area contributed by atoms with E-state index in [2.05, 4.69) is 10.00 Å². The van der Waals surface area contributed by atoms with Gasteiger partial charge in [-0.1, -0.05) is 0 Å². The zero-order valence-corrected chi connectivity index (χ0v) is 13.4. The summed E-state index contributed by atoms with van der Waals surface area (Å²) in [6, 6.07) is 3.78. The number of morpholine rings is 1. The Morgan fingerprint density at radius 3 is 2.77 bits per heavy atom. The van der Waals surface area contributed by atoms with Gasteiger partial charge in [-0.2, -0.15) is 16.4 Å². The minimum atomic E-state index is 0.00673. The molecule has 0 atom stereocenters. The molecule has 2 aromatic heterocycles. The summed E-state index contributed by atoms with van der Waals surface area (Å²) in [5.74, 6) is 0. The van der Waals surface area contributed by atoms with Crippen molar-refractivity contribution < 1.29 is 4.74 Å². The van der Waals surface area contributed by atoms with E-state index in [0.717, 1.165) is 56.8 Å². The van der Waals surface area contributed by atoms with Gasteiger partial charge in [0.05, 0.1) is 18.8 Å². The van der Waals surface area contributed by atoms with Crippen LogP contribution in [0, 0.1) is 0 Å². The molecule has 0 N–H and O–H groups in total. The Balaban J connectivity index is 1.54. The summed E-state index contributed by atoms with van der Waals surface area (Å²) in [5, 5.41) is 8.19. The van der Waals surface area contributed by atoms with Crippen molar-refractivity contribution in [2.45, 2.75) is 19.4 Å². The van der Waals surface area contributed by atoms with Crippen molar-refractivity contribution >= 4 is 11.3 Å². The number of aryl methyl sites for hydroxylation is 1. The molecule has 22 heavy (non-hydrogen) atoms. The first-order chi connectivity index (χ1) is 10.8. The van der Waals surface area contributed by atoms with Gasteiger partial charge in [-0.25, -0.2) is 4.68 Å². The summed E-state index contributed by atoms with van der Waals surface area (Å²) in [4.78, 5) is 14.9. The van der Waals surface area contributed by atoms with Crippen molar-refractivity contribution in [3.63, 3.8) is 0 Å². The van der Waals surface area contributed by atoms with Crippen LogP contribution in [0.25, 0.3) is 11.1 Å². The molecule has 1 aliphatic heterocycles. The Morgan fingerprint density at radius 1 is 1.18 bits per heavy atom. The van der Waals surface area contributed by atoms with E-state index < -0.39 is 0 Å². The highest BCUT2D eigenvalue weighted by atomic mass is 32.1. The summed E-state index contributed by atoms with van der Waals surface area (Å²) in [5.41, 5.74) is 1.73. The van der Waals surface area contributed by atoms with Gasteiger partial charge in [0.2, 0.25) is 0 Å². The van der Waals surface area contributed by atoms with Gasteiger partial charge in [-0.3, -0.25) is 9.69 Å². The molecule has 0 radical (unpaired) electrons. The monoisotopic (exact) mass is 319 g/mol. The molecule has 1 fully saturated rings. The van der Waals surface area contributed by atoms with E-state index in [-0.39, 0.29) is 5.56 Å². The van der Waals surface area contributed by atoms with E-state index in [1.54, 1.807) is 28.3 Å². The van der Waals surface area contributed by atoms with Crippen LogP contribution in [0.1, 0.15) is 12.8 Å². The predicted octanol–water partition coefficient (Wildman–Crippen LogP) is 2.08. The molecule has 0 saturated carbocycles. The molecule has 3 heterocycles. The molecule has 5 nitrogen and oxygen atoms in total. The lowest BCUT2D eigenvalue weighted by Crippen LogP contribution is -2.37. The molecule has 0 unspecified atom stereocenters. The molecule has 3 rings (SSSR count). The van der Waals surface area contributed by atoms with E-state index in [4.69, 9.17) is 4.74 Å². The number of thiophene rings is 1. The molecular formula is C16H21N3O2S. The maximum absolute atomic E-state index is 12.4. The fourth-order valence-corrected chi connectivity index (χ4v) is 3.33. The third kappa shape index (κ3) is 3.82. The number of hydrogen-bond donors (Lipinski definition) is 0. The number of unbranched alkanes of at least 4 members (excludes halogenated alkanes) is 1. The lowest BCUT2D eigenvalue weighted by Gasteiger charge is -2.26. The first-order valence-electron chi connectivity index (χ1n) is 7.73. The van der Waals surface area contributed by atoms with E-state index >= 15 is 0 Å². The van der Waals surface area contributed by atoms with Crippen LogP contribution in [0.5, 0.6) is 0 Å². The zero-order valence-electron chi connectivity index (χ0n) is 12.6. The van der Waals surface area contributed by atoms with Gasteiger partial charge in [-0.05, 0) is 47.8 Å². The molecule has 1 saturated heterocycles. The third-order valence-electron chi connectivity index (χ3n) is 3.94. The van der Waals surface area contributed by atoms with E-state index in [0.29, 0.717) is 6.54 Å². The largest absolute Gasteiger partial charge is 0.379 e. The van der Waals surface area contributed by atoms with Crippen molar-refractivity contribution in [2.24, 2.45) is 0 Å². The second kappa shape index (κ2) is 7.67. The van der Waals surface area contributed by atoms with Gasteiger partial charge in [-0.15, -0.1) is 0 Å². The Labute approximate surface area is 134 Å². The molecular weight excluding hydrogens is 298 g/mol. The Bertz CT molecular complexity index is 633. The lowest BCUT2D eigenvalue weighted by molar-refractivity contribution is 0.0370. The van der Waals surface area contributed by atoms with Gasteiger partial charge in [0.25, 0.3) is 5.56 Å². The Kier molecular flexibility index (Phi) is 5.37. The second-order valence-electron chi connectivity index (χ2n) is 5.45. The van der Waals surface area contributed by atoms with Crippen LogP contribution in [-0.2, 0) is 11.3 Å². The highest BCUT2D eigenvalue weighted by molar-refractivity contribution is 7.08. The van der Waals surface area contributed by atoms with Crippen molar-refractivity contribution in [2.75, 3.05) is 32.8 Å². The van der Waals surface area contributed by atoms with Gasteiger partial charge in [0.1, 0.15) is 0 Å². The number of hydrogen-bond acceptors (Lipinski definition) is 5. The topological polar surface area (TPSA) is 47.4 Å². The predicted molar refractivity (Wildman–Crippen MR) is 88.3 cm³/mol. The SMILES string of the molecule is O=c1c(-c2ccsc2)ccnn1CCCCN1CCOCC1. The molecule has 0 amide bonds. The average molecular weight is 319 g/mol. The number of nitrogens with zero attached hydrogens (tertiary/aromatic N) is 3. The van der Waals surface area contributed by atoms with E-state index in [1.807, 2.05) is 16.8 Å². The molecule has 0 aliphatic carbocycles. The quantitative estimate of drug-likeness (QED) is 0.765. The highest BCUT2D eigenvalue weighted by Crippen LogP contribution is 2.17. The standard InChI is InChI=1S/C16H21N3O2S/c20-16-15(14-4-12-22-13-14)3-5-17-19(16)7-2-1-6-18-8-10-21-11-9-18/h3-5,12-13H,1-2,6-11H2. The Morgan fingerprint density at radius 2 is 2.00 bits per heavy atom. The summed E-state index contributed by atoms with van der Waals surface area (Å²) in [6.07, 6.45) is 3.77. The molecule has 2 aromatic rings. The smallest absolute Gasteiger partial charge is 0.274 e. The van der Waals surface area contributed by atoms with Gasteiger partial charge in [0.15, 0.2) is 0 Å². The molecule has 118 valence electrons. The fourth-order valence-electron chi connectivity index (χ4n) is 2.67. The third-order valence-corrected chi connectivity index (χ3v) is 4.63. The number of ether oxygens (including phenoxy) is 1. The van der Waals surface area contributed by atoms with Crippen molar-refractivity contribution in [3.8, 4) is 11.1 Å². The van der Waals surface area contributed by atoms with Gasteiger partial charge < -0.3 is 4.74 Å². The average Bonchev–Trinajstić information content (AvgIpc) is 3.08. The summed E-state index contributed by atoms with van der Waals surface area (Å²) in [6.45, 7) is 5.47. The second-order valence-corrected chi connectivity index (χ2v) is 6.23. The van der Waals surface area contributed by atoms with Gasteiger partial charge in [0, 0.05) is 25.8 Å². The molecule has 6 heteroatoms. The molecule has 0 spiro atoms. The van der Waals surface area contributed by atoms with Crippen LogP contribution in [0.2, 0.25) is 0 Å². The van der Waals surface area contributed by atoms with Gasteiger partial charge >= 0.3 is 0 Å². The lowest BCUT2D eigenvalue weighted by atomic mass is 10.2. The van der Waals surface area contributed by atoms with Crippen LogP contribution < -0.4 is 5.56 Å². The Hall–Kier alpha value is -1.50. The highest BCUT2D eigenvalue weighted by Gasteiger charge is 2.10. The molecule has 0 bridgehead atoms.